The molecule has 0 spiro atoms. The number of carbonyl (C=O) groups is 1. The molecule has 0 aromatic carbocycles. The van der Waals surface area contributed by atoms with Crippen molar-refractivity contribution < 1.29 is 9.90 Å². The smallest absolute Gasteiger partial charge is 0.308 e. The second-order valence-electron chi connectivity index (χ2n) is 5.23. The van der Waals surface area contributed by atoms with Crippen LogP contribution in [0.15, 0.2) is 12.4 Å². The summed E-state index contributed by atoms with van der Waals surface area (Å²) in [6, 6.07) is 0.149. The summed E-state index contributed by atoms with van der Waals surface area (Å²) in [5, 5.41) is 13.4. The Labute approximate surface area is 107 Å². The Morgan fingerprint density at radius 1 is 1.56 bits per heavy atom. The molecule has 0 radical (unpaired) electrons. The van der Waals surface area contributed by atoms with Gasteiger partial charge in [-0.05, 0) is 19.9 Å². The lowest BCUT2D eigenvalue weighted by Gasteiger charge is -2.35. The van der Waals surface area contributed by atoms with Gasteiger partial charge in [-0.1, -0.05) is 12.8 Å². The summed E-state index contributed by atoms with van der Waals surface area (Å²) in [6.07, 6.45) is 7.77. The molecule has 1 aliphatic rings. The van der Waals surface area contributed by atoms with Crippen molar-refractivity contribution in [3.05, 3.63) is 18.0 Å². The van der Waals surface area contributed by atoms with E-state index in [1.807, 2.05) is 26.5 Å². The fourth-order valence-electron chi connectivity index (χ4n) is 2.89. The average molecular weight is 251 g/mol. The van der Waals surface area contributed by atoms with Gasteiger partial charge in [0.15, 0.2) is 0 Å². The third kappa shape index (κ3) is 2.90. The van der Waals surface area contributed by atoms with Crippen molar-refractivity contribution >= 4 is 5.97 Å². The van der Waals surface area contributed by atoms with E-state index in [1.54, 1.807) is 4.68 Å². The highest BCUT2D eigenvalue weighted by atomic mass is 16.4. The first kappa shape index (κ1) is 13.1. The number of aliphatic carboxylic acids is 1. The number of nitrogens with zero attached hydrogens (tertiary/aromatic N) is 3. The molecule has 0 aliphatic heterocycles. The predicted octanol–water partition coefficient (Wildman–Crippen LogP) is 1.50. The maximum Gasteiger partial charge on any atom is 0.308 e. The van der Waals surface area contributed by atoms with Gasteiger partial charge in [-0.25, -0.2) is 0 Å². The summed E-state index contributed by atoms with van der Waals surface area (Å²) in [5.41, 5.74) is 1.13. The van der Waals surface area contributed by atoms with E-state index in [1.165, 1.54) is 0 Å². The van der Waals surface area contributed by atoms with Crippen LogP contribution in [0, 0.1) is 5.92 Å². The van der Waals surface area contributed by atoms with E-state index in [2.05, 4.69) is 10.00 Å². The molecular formula is C13H21N3O2. The van der Waals surface area contributed by atoms with E-state index in [0.717, 1.165) is 37.8 Å². The van der Waals surface area contributed by atoms with E-state index in [9.17, 15) is 9.90 Å². The number of carboxylic acids is 1. The summed E-state index contributed by atoms with van der Waals surface area (Å²) in [5.74, 6) is -0.877. The van der Waals surface area contributed by atoms with Gasteiger partial charge in [0.05, 0.1) is 12.1 Å². The van der Waals surface area contributed by atoms with Gasteiger partial charge < -0.3 is 5.11 Å². The minimum Gasteiger partial charge on any atom is -0.481 e. The van der Waals surface area contributed by atoms with Gasteiger partial charge in [-0.15, -0.1) is 0 Å². The van der Waals surface area contributed by atoms with E-state index in [4.69, 9.17) is 0 Å². The van der Waals surface area contributed by atoms with E-state index in [-0.39, 0.29) is 12.0 Å². The van der Waals surface area contributed by atoms with Gasteiger partial charge in [0.25, 0.3) is 0 Å². The largest absolute Gasteiger partial charge is 0.481 e. The Morgan fingerprint density at radius 3 is 2.89 bits per heavy atom. The number of aromatic nitrogens is 2. The second-order valence-corrected chi connectivity index (χ2v) is 5.23. The Bertz CT molecular complexity index is 416. The highest BCUT2D eigenvalue weighted by Crippen LogP contribution is 2.28. The van der Waals surface area contributed by atoms with Crippen molar-refractivity contribution in [1.82, 2.24) is 14.7 Å². The number of carboxylic acid groups (broad SMARTS) is 1. The van der Waals surface area contributed by atoms with Crippen LogP contribution in [-0.2, 0) is 18.4 Å². The average Bonchev–Trinajstić information content (AvgIpc) is 2.74. The fourth-order valence-corrected chi connectivity index (χ4v) is 2.89. The highest BCUT2D eigenvalue weighted by molar-refractivity contribution is 5.71. The lowest BCUT2D eigenvalue weighted by Crippen LogP contribution is -2.43. The number of hydrogen-bond donors (Lipinski definition) is 1. The Morgan fingerprint density at radius 2 is 2.28 bits per heavy atom. The molecule has 1 aromatic rings. The van der Waals surface area contributed by atoms with Crippen molar-refractivity contribution in [3.63, 3.8) is 0 Å². The lowest BCUT2D eigenvalue weighted by molar-refractivity contribution is -0.145. The summed E-state index contributed by atoms with van der Waals surface area (Å²) in [4.78, 5) is 13.4. The molecule has 2 rings (SSSR count). The maximum atomic E-state index is 11.3. The van der Waals surface area contributed by atoms with Crippen LogP contribution in [0.25, 0.3) is 0 Å². The minimum atomic E-state index is -0.655. The third-order valence-electron chi connectivity index (χ3n) is 3.80. The predicted molar refractivity (Wildman–Crippen MR) is 68.1 cm³/mol. The Kier molecular flexibility index (Phi) is 4.01. The molecule has 0 amide bonds. The molecule has 100 valence electrons. The van der Waals surface area contributed by atoms with Crippen molar-refractivity contribution in [1.29, 1.82) is 0 Å². The van der Waals surface area contributed by atoms with Crippen LogP contribution in [0.1, 0.15) is 31.2 Å². The Hall–Kier alpha value is -1.36. The first-order valence-electron chi connectivity index (χ1n) is 6.48. The zero-order chi connectivity index (χ0) is 13.1. The van der Waals surface area contributed by atoms with Crippen molar-refractivity contribution in [2.75, 3.05) is 7.05 Å². The van der Waals surface area contributed by atoms with Gasteiger partial charge in [0, 0.05) is 31.4 Å². The van der Waals surface area contributed by atoms with E-state index < -0.39 is 5.97 Å². The van der Waals surface area contributed by atoms with Gasteiger partial charge in [-0.3, -0.25) is 14.4 Å². The molecule has 5 nitrogen and oxygen atoms in total. The maximum absolute atomic E-state index is 11.3. The zero-order valence-corrected chi connectivity index (χ0v) is 11.0. The van der Waals surface area contributed by atoms with Gasteiger partial charge >= 0.3 is 5.97 Å². The first-order valence-corrected chi connectivity index (χ1v) is 6.48. The molecule has 0 saturated heterocycles. The third-order valence-corrected chi connectivity index (χ3v) is 3.80. The SMILES string of the molecule is CN(Cc1cnn(C)c1)C1CCCCC1C(=O)O. The van der Waals surface area contributed by atoms with Crippen LogP contribution in [0.4, 0.5) is 0 Å². The zero-order valence-electron chi connectivity index (χ0n) is 11.0. The second kappa shape index (κ2) is 5.52. The molecule has 0 bridgehead atoms. The summed E-state index contributed by atoms with van der Waals surface area (Å²) in [6.45, 7) is 0.766. The fraction of sp³-hybridized carbons (Fsp3) is 0.692. The Balaban J connectivity index is 2.01. The van der Waals surface area contributed by atoms with Crippen LogP contribution in [0.2, 0.25) is 0 Å². The summed E-state index contributed by atoms with van der Waals surface area (Å²) >= 11 is 0. The quantitative estimate of drug-likeness (QED) is 0.881. The highest BCUT2D eigenvalue weighted by Gasteiger charge is 2.33. The van der Waals surface area contributed by atoms with Gasteiger partial charge in [0.2, 0.25) is 0 Å². The van der Waals surface area contributed by atoms with E-state index in [0.29, 0.717) is 0 Å². The van der Waals surface area contributed by atoms with Crippen LogP contribution in [0.5, 0.6) is 0 Å². The molecule has 5 heteroatoms. The van der Waals surface area contributed by atoms with Crippen LogP contribution < -0.4 is 0 Å². The summed E-state index contributed by atoms with van der Waals surface area (Å²) in [7, 11) is 3.91. The molecule has 1 aromatic heterocycles. The normalized spacial score (nSPS) is 24.4. The first-order chi connectivity index (χ1) is 8.58. The minimum absolute atomic E-state index is 0.149. The molecule has 1 saturated carbocycles. The molecule has 1 N–H and O–H groups in total. The molecule has 1 aliphatic carbocycles. The topological polar surface area (TPSA) is 58.4 Å². The van der Waals surface area contributed by atoms with Crippen LogP contribution >= 0.6 is 0 Å². The van der Waals surface area contributed by atoms with Crippen molar-refractivity contribution in [2.24, 2.45) is 13.0 Å². The lowest BCUT2D eigenvalue weighted by atomic mass is 9.83. The van der Waals surface area contributed by atoms with Crippen LogP contribution in [0.3, 0.4) is 0 Å². The molecule has 1 fully saturated rings. The van der Waals surface area contributed by atoms with Crippen LogP contribution in [-0.4, -0.2) is 38.8 Å². The number of aryl methyl sites for hydroxylation is 1. The number of rotatable bonds is 4. The summed E-state index contributed by atoms with van der Waals surface area (Å²) < 4.78 is 1.78. The standard InChI is InChI=1S/C13H21N3O2/c1-15(8-10-7-14-16(2)9-10)12-6-4-3-5-11(12)13(17)18/h7,9,11-12H,3-6,8H2,1-2H3,(H,17,18). The van der Waals surface area contributed by atoms with Gasteiger partial charge in [-0.2, -0.15) is 5.10 Å². The molecule has 2 unspecified atom stereocenters. The number of hydrogen-bond acceptors (Lipinski definition) is 3. The molecule has 18 heavy (non-hydrogen) atoms. The van der Waals surface area contributed by atoms with Crippen molar-refractivity contribution in [3.8, 4) is 0 Å². The monoisotopic (exact) mass is 251 g/mol. The van der Waals surface area contributed by atoms with Crippen molar-refractivity contribution in [2.45, 2.75) is 38.3 Å². The molecule has 2 atom stereocenters. The van der Waals surface area contributed by atoms with E-state index >= 15 is 0 Å². The molecule has 1 heterocycles. The molecular weight excluding hydrogens is 230 g/mol. The van der Waals surface area contributed by atoms with Gasteiger partial charge in [0.1, 0.15) is 0 Å².